The van der Waals surface area contributed by atoms with Gasteiger partial charge in [0.1, 0.15) is 9.39 Å². The van der Waals surface area contributed by atoms with Gasteiger partial charge in [0.2, 0.25) is 0 Å². The van der Waals surface area contributed by atoms with E-state index in [1.165, 1.54) is 22.5 Å². The van der Waals surface area contributed by atoms with Gasteiger partial charge in [-0.15, -0.1) is 0 Å². The van der Waals surface area contributed by atoms with Gasteiger partial charge in [-0.3, -0.25) is 19.8 Å². The number of amides is 1. The number of anilines is 1. The number of para-hydroxylation sites is 1. The van der Waals surface area contributed by atoms with Gasteiger partial charge in [0, 0.05) is 17.2 Å². The topological polar surface area (TPSA) is 63.5 Å². The predicted molar refractivity (Wildman–Crippen MR) is 116 cm³/mol. The van der Waals surface area contributed by atoms with Crippen LogP contribution in [0.3, 0.4) is 0 Å². The Morgan fingerprint density at radius 3 is 2.61 bits per heavy atom. The fourth-order valence-electron chi connectivity index (χ4n) is 3.63. The Labute approximate surface area is 174 Å². The van der Waals surface area contributed by atoms with Crippen molar-refractivity contribution in [2.75, 3.05) is 4.90 Å². The van der Waals surface area contributed by atoms with Crippen LogP contribution in [-0.2, 0) is 5.54 Å². The fraction of sp³-hybridized carbons (Fsp3) is 0.200. The number of hydrogen-bond acceptors (Lipinski definition) is 6. The lowest BCUT2D eigenvalue weighted by atomic mass is 9.86. The Hall–Kier alpha value is -2.42. The minimum absolute atomic E-state index is 0.0790. The molecule has 0 radical (unpaired) electrons. The van der Waals surface area contributed by atoms with Gasteiger partial charge in [-0.2, -0.15) is 0 Å². The average Bonchev–Trinajstić information content (AvgIpc) is 3.04. The lowest BCUT2D eigenvalue weighted by Gasteiger charge is -2.43. The van der Waals surface area contributed by atoms with E-state index >= 15 is 0 Å². The van der Waals surface area contributed by atoms with Crippen molar-refractivity contribution in [1.82, 2.24) is 0 Å². The summed E-state index contributed by atoms with van der Waals surface area (Å²) in [5.41, 5.74) is 2.83. The van der Waals surface area contributed by atoms with Gasteiger partial charge in [0.25, 0.3) is 11.6 Å². The number of nitro benzene ring substituents is 1. The highest BCUT2D eigenvalue weighted by atomic mass is 32.9. The average molecular weight is 429 g/mol. The number of carbonyl (C=O) groups is 1. The van der Waals surface area contributed by atoms with E-state index in [9.17, 15) is 14.9 Å². The SMILES string of the molecule is Cc1ccc2c(c1)N(C(=O)c1ccccc1[N+](=O)[O-])C(C)(C)c1ssc(=S)c1-2. The second kappa shape index (κ2) is 6.58. The van der Waals surface area contributed by atoms with E-state index in [1.807, 2.05) is 39.0 Å². The molecule has 28 heavy (non-hydrogen) atoms. The van der Waals surface area contributed by atoms with E-state index in [4.69, 9.17) is 12.2 Å². The van der Waals surface area contributed by atoms with Gasteiger partial charge in [0.05, 0.1) is 21.0 Å². The monoisotopic (exact) mass is 428 g/mol. The summed E-state index contributed by atoms with van der Waals surface area (Å²) >= 11 is 5.57. The molecule has 0 spiro atoms. The summed E-state index contributed by atoms with van der Waals surface area (Å²) in [6.07, 6.45) is 0. The number of benzene rings is 2. The Morgan fingerprint density at radius 2 is 1.89 bits per heavy atom. The second-order valence-electron chi connectivity index (χ2n) is 7.15. The first-order valence-electron chi connectivity index (χ1n) is 8.56. The number of aryl methyl sites for hydroxylation is 1. The van der Waals surface area contributed by atoms with Crippen molar-refractivity contribution in [3.63, 3.8) is 0 Å². The van der Waals surface area contributed by atoms with Gasteiger partial charge in [0.15, 0.2) is 0 Å². The van der Waals surface area contributed by atoms with Crippen molar-refractivity contribution in [3.8, 4) is 11.1 Å². The van der Waals surface area contributed by atoms with E-state index in [0.717, 1.165) is 31.1 Å². The van der Waals surface area contributed by atoms with E-state index in [-0.39, 0.29) is 17.2 Å². The van der Waals surface area contributed by atoms with Crippen molar-refractivity contribution in [2.24, 2.45) is 0 Å². The molecule has 0 atom stereocenters. The van der Waals surface area contributed by atoms with Crippen molar-refractivity contribution in [1.29, 1.82) is 0 Å². The normalized spacial score (nSPS) is 14.3. The van der Waals surface area contributed by atoms with Crippen LogP contribution in [0.5, 0.6) is 0 Å². The van der Waals surface area contributed by atoms with Crippen LogP contribution in [0.2, 0.25) is 0 Å². The molecule has 2 aromatic carbocycles. The number of carbonyl (C=O) groups excluding carboxylic acids is 1. The maximum Gasteiger partial charge on any atom is 0.282 e. The third kappa shape index (κ3) is 2.71. The highest BCUT2D eigenvalue weighted by molar-refractivity contribution is 7.80. The molecule has 8 heteroatoms. The van der Waals surface area contributed by atoms with E-state index in [2.05, 4.69) is 0 Å². The minimum Gasteiger partial charge on any atom is -0.297 e. The third-order valence-corrected chi connectivity index (χ3v) is 8.27. The summed E-state index contributed by atoms with van der Waals surface area (Å²) in [6.45, 7) is 5.88. The smallest absolute Gasteiger partial charge is 0.282 e. The molecule has 0 aliphatic carbocycles. The Morgan fingerprint density at radius 1 is 1.18 bits per heavy atom. The molecule has 1 aromatic heterocycles. The minimum atomic E-state index is -0.685. The second-order valence-corrected chi connectivity index (χ2v) is 9.97. The van der Waals surface area contributed by atoms with Gasteiger partial charge in [-0.25, -0.2) is 0 Å². The zero-order valence-corrected chi connectivity index (χ0v) is 17.8. The number of nitrogens with zero attached hydrogens (tertiary/aromatic N) is 2. The summed E-state index contributed by atoms with van der Waals surface area (Å²) in [6, 6.07) is 12.0. The van der Waals surface area contributed by atoms with Crippen LogP contribution in [0.15, 0.2) is 42.5 Å². The number of nitro groups is 1. The highest BCUT2D eigenvalue weighted by Crippen LogP contribution is 2.52. The molecule has 0 bridgehead atoms. The van der Waals surface area contributed by atoms with Crippen LogP contribution in [0.1, 0.15) is 34.6 Å². The van der Waals surface area contributed by atoms with Gasteiger partial charge < -0.3 is 0 Å². The molecule has 4 rings (SSSR count). The van der Waals surface area contributed by atoms with Crippen LogP contribution in [0.25, 0.3) is 11.1 Å². The van der Waals surface area contributed by atoms with Crippen LogP contribution < -0.4 is 4.90 Å². The van der Waals surface area contributed by atoms with E-state index < -0.39 is 10.5 Å². The molecule has 5 nitrogen and oxygen atoms in total. The molecule has 142 valence electrons. The van der Waals surface area contributed by atoms with Gasteiger partial charge in [-0.1, -0.05) is 57.2 Å². The summed E-state index contributed by atoms with van der Waals surface area (Å²) in [5.74, 6) is -0.390. The maximum atomic E-state index is 13.6. The van der Waals surface area contributed by atoms with Crippen molar-refractivity contribution < 1.29 is 9.72 Å². The standard InChI is InChI=1S/C20H16N2O3S3/c1-11-8-9-12-15(10-11)21(20(2,3)17-16(12)19(26)28-27-17)18(23)13-6-4-5-7-14(13)22(24)25/h4-10H,1-3H3. The molecule has 1 aliphatic heterocycles. The number of hydrogen-bond donors (Lipinski definition) is 0. The molecule has 1 amide bonds. The zero-order valence-electron chi connectivity index (χ0n) is 15.4. The van der Waals surface area contributed by atoms with Crippen molar-refractivity contribution in [3.05, 3.63) is 72.4 Å². The summed E-state index contributed by atoms with van der Waals surface area (Å²) in [7, 11) is 3.08. The molecule has 3 aromatic rings. The Kier molecular flexibility index (Phi) is 4.45. The van der Waals surface area contributed by atoms with Crippen molar-refractivity contribution in [2.45, 2.75) is 26.3 Å². The lowest BCUT2D eigenvalue weighted by Crippen LogP contribution is -2.48. The molecule has 1 aliphatic rings. The highest BCUT2D eigenvalue weighted by Gasteiger charge is 2.44. The maximum absolute atomic E-state index is 13.6. The van der Waals surface area contributed by atoms with Crippen molar-refractivity contribution >= 4 is 50.2 Å². The summed E-state index contributed by atoms with van der Waals surface area (Å²) in [5, 5.41) is 11.5. The quantitative estimate of drug-likeness (QED) is 0.207. The van der Waals surface area contributed by atoms with Crippen LogP contribution in [-0.4, -0.2) is 10.8 Å². The Bertz CT molecular complexity index is 1190. The molecule has 0 fully saturated rings. The zero-order chi connectivity index (χ0) is 20.2. The van der Waals surface area contributed by atoms with E-state index in [0.29, 0.717) is 0 Å². The van der Waals surface area contributed by atoms with Crippen LogP contribution in [0, 0.1) is 20.9 Å². The largest absolute Gasteiger partial charge is 0.297 e. The molecular weight excluding hydrogens is 412 g/mol. The lowest BCUT2D eigenvalue weighted by molar-refractivity contribution is -0.385. The molecule has 0 saturated carbocycles. The Balaban J connectivity index is 2.00. The van der Waals surface area contributed by atoms with E-state index in [1.54, 1.807) is 27.4 Å². The van der Waals surface area contributed by atoms with Gasteiger partial charge >= 0.3 is 0 Å². The molecule has 0 N–H and O–H groups in total. The van der Waals surface area contributed by atoms with Gasteiger partial charge in [-0.05, 0) is 38.5 Å². The predicted octanol–water partition coefficient (Wildman–Crippen LogP) is 6.32. The molecule has 2 heterocycles. The summed E-state index contributed by atoms with van der Waals surface area (Å²) < 4.78 is 0.802. The molecule has 0 unspecified atom stereocenters. The fourth-order valence-corrected chi connectivity index (χ4v) is 6.92. The number of rotatable bonds is 2. The first kappa shape index (κ1) is 18.9. The van der Waals surface area contributed by atoms with Crippen LogP contribution in [0.4, 0.5) is 11.4 Å². The first-order chi connectivity index (χ1) is 13.2. The number of fused-ring (bicyclic) bond motifs is 3. The molecule has 0 saturated heterocycles. The summed E-state index contributed by atoms with van der Waals surface area (Å²) in [4.78, 5) is 27.3. The van der Waals surface area contributed by atoms with Crippen LogP contribution >= 0.6 is 32.9 Å². The third-order valence-electron chi connectivity index (χ3n) is 4.94. The first-order valence-corrected chi connectivity index (χ1v) is 11.1. The molecular formula is C20H16N2O3S3.